The van der Waals surface area contributed by atoms with E-state index in [1.165, 1.54) is 16.7 Å². The second kappa shape index (κ2) is 9.70. The van der Waals surface area contributed by atoms with Crippen molar-refractivity contribution >= 4 is 18.3 Å². The fraction of sp³-hybridized carbons (Fsp3) is 0.526. The Labute approximate surface area is 151 Å². The van der Waals surface area contributed by atoms with Crippen molar-refractivity contribution in [3.63, 3.8) is 0 Å². The second-order valence-corrected chi connectivity index (χ2v) is 6.47. The molecule has 0 radical (unpaired) electrons. The second-order valence-electron chi connectivity index (χ2n) is 6.47. The van der Waals surface area contributed by atoms with Crippen molar-refractivity contribution in [3.05, 3.63) is 41.0 Å². The lowest BCUT2D eigenvalue weighted by Gasteiger charge is -2.18. The van der Waals surface area contributed by atoms with Crippen molar-refractivity contribution in [1.82, 2.24) is 10.6 Å². The zero-order valence-electron chi connectivity index (χ0n) is 15.0. The summed E-state index contributed by atoms with van der Waals surface area (Å²) in [4.78, 5) is 12.2. The monoisotopic (exact) mass is 352 g/mol. The molecule has 2 rings (SSSR count). The molecule has 2 N–H and O–H groups in total. The highest BCUT2D eigenvalue weighted by atomic mass is 35.5. The van der Waals surface area contributed by atoms with Crippen LogP contribution in [0.5, 0.6) is 5.75 Å². The van der Waals surface area contributed by atoms with Crippen LogP contribution < -0.4 is 15.4 Å². The molecule has 1 amide bonds. The van der Waals surface area contributed by atoms with Gasteiger partial charge < -0.3 is 15.4 Å². The summed E-state index contributed by atoms with van der Waals surface area (Å²) >= 11 is 0. The van der Waals surface area contributed by atoms with Crippen molar-refractivity contribution in [3.8, 4) is 5.75 Å². The molecule has 0 aliphatic carbocycles. The van der Waals surface area contributed by atoms with Gasteiger partial charge in [0.2, 0.25) is 0 Å². The molecule has 4 nitrogen and oxygen atoms in total. The van der Waals surface area contributed by atoms with Crippen LogP contribution in [0.2, 0.25) is 0 Å². The summed E-state index contributed by atoms with van der Waals surface area (Å²) in [5, 5.41) is 6.22. The highest BCUT2D eigenvalue weighted by molar-refractivity contribution is 5.85. The number of benzene rings is 1. The number of nitrogens with one attached hydrogen (secondary N) is 2. The van der Waals surface area contributed by atoms with Gasteiger partial charge in [-0.15, -0.1) is 12.4 Å². The van der Waals surface area contributed by atoms with Gasteiger partial charge in [0, 0.05) is 13.1 Å². The van der Waals surface area contributed by atoms with E-state index in [2.05, 4.69) is 43.5 Å². The largest absolute Gasteiger partial charge is 0.481 e. The minimum absolute atomic E-state index is 0. The van der Waals surface area contributed by atoms with Crippen LogP contribution in [0, 0.1) is 6.92 Å². The molecule has 1 aromatic carbocycles. The normalized spacial score (nSPS) is 15.3. The number of carbonyl (C=O) groups excluding carboxylic acids is 1. The molecule has 5 heteroatoms. The van der Waals surface area contributed by atoms with Crippen LogP contribution in [0.3, 0.4) is 0 Å². The van der Waals surface area contributed by atoms with Crippen molar-refractivity contribution in [2.45, 2.75) is 46.1 Å². The quantitative estimate of drug-likeness (QED) is 0.772. The van der Waals surface area contributed by atoms with Gasteiger partial charge in [0.25, 0.3) is 5.91 Å². The number of rotatable bonds is 6. The summed E-state index contributed by atoms with van der Waals surface area (Å²) in [6.45, 7) is 10.7. The van der Waals surface area contributed by atoms with E-state index in [9.17, 15) is 4.79 Å². The fourth-order valence-corrected chi connectivity index (χ4v) is 2.80. The van der Waals surface area contributed by atoms with Gasteiger partial charge in [-0.05, 0) is 56.0 Å². The van der Waals surface area contributed by atoms with E-state index >= 15 is 0 Å². The molecule has 1 unspecified atom stereocenters. The maximum absolute atomic E-state index is 12.2. The topological polar surface area (TPSA) is 50.4 Å². The molecule has 0 bridgehead atoms. The molecule has 1 aromatic rings. The Balaban J connectivity index is 0.00000288. The van der Waals surface area contributed by atoms with E-state index < -0.39 is 6.10 Å². The number of hydrogen-bond acceptors (Lipinski definition) is 3. The molecule has 1 atom stereocenters. The first-order valence-electron chi connectivity index (χ1n) is 8.41. The molecule has 1 aliphatic heterocycles. The highest BCUT2D eigenvalue weighted by Crippen LogP contribution is 2.24. The van der Waals surface area contributed by atoms with Gasteiger partial charge in [0.05, 0.1) is 0 Å². The molecular formula is C19H29ClN2O2. The van der Waals surface area contributed by atoms with E-state index in [4.69, 9.17) is 4.74 Å². The number of halogens is 1. The van der Waals surface area contributed by atoms with Gasteiger partial charge in [-0.1, -0.05) is 31.6 Å². The zero-order chi connectivity index (χ0) is 16.8. The number of ether oxygens (including phenoxy) is 1. The van der Waals surface area contributed by atoms with Crippen molar-refractivity contribution in [1.29, 1.82) is 0 Å². The van der Waals surface area contributed by atoms with Crippen molar-refractivity contribution in [2.75, 3.05) is 19.6 Å². The average molecular weight is 353 g/mol. The number of amides is 1. The molecule has 134 valence electrons. The van der Waals surface area contributed by atoms with Gasteiger partial charge in [-0.2, -0.15) is 0 Å². The van der Waals surface area contributed by atoms with Crippen LogP contribution in [-0.2, 0) is 4.79 Å². The summed E-state index contributed by atoms with van der Waals surface area (Å²) < 4.78 is 5.79. The Morgan fingerprint density at radius 1 is 1.33 bits per heavy atom. The van der Waals surface area contributed by atoms with Crippen LogP contribution in [0.15, 0.2) is 29.8 Å². The molecule has 24 heavy (non-hydrogen) atoms. The number of hydrogen-bond donors (Lipinski definition) is 2. The Morgan fingerprint density at radius 3 is 2.67 bits per heavy atom. The highest BCUT2D eigenvalue weighted by Gasteiger charge is 2.16. The maximum Gasteiger partial charge on any atom is 0.261 e. The summed E-state index contributed by atoms with van der Waals surface area (Å²) in [7, 11) is 0. The summed E-state index contributed by atoms with van der Waals surface area (Å²) in [6.07, 6.45) is 2.64. The van der Waals surface area contributed by atoms with Gasteiger partial charge in [-0.3, -0.25) is 4.79 Å². The van der Waals surface area contributed by atoms with E-state index in [0.717, 1.165) is 25.3 Å². The first kappa shape index (κ1) is 20.5. The predicted molar refractivity (Wildman–Crippen MR) is 101 cm³/mol. The summed E-state index contributed by atoms with van der Waals surface area (Å²) in [6, 6.07) is 6.04. The maximum atomic E-state index is 12.2. The Morgan fingerprint density at radius 2 is 2.08 bits per heavy atom. The van der Waals surface area contributed by atoms with Gasteiger partial charge >= 0.3 is 0 Å². The van der Waals surface area contributed by atoms with Crippen LogP contribution >= 0.6 is 12.4 Å². The van der Waals surface area contributed by atoms with Crippen LogP contribution in [-0.4, -0.2) is 31.6 Å². The lowest BCUT2D eigenvalue weighted by molar-refractivity contribution is -0.127. The molecule has 1 aliphatic rings. The Hall–Kier alpha value is -1.52. The molecule has 0 saturated heterocycles. The Kier molecular flexibility index (Phi) is 8.29. The summed E-state index contributed by atoms with van der Waals surface area (Å²) in [5.74, 6) is 1.16. The van der Waals surface area contributed by atoms with Gasteiger partial charge in [-0.25, -0.2) is 0 Å². The minimum atomic E-state index is -0.499. The number of aryl methyl sites for hydroxylation is 1. The molecule has 0 fully saturated rings. The first-order chi connectivity index (χ1) is 11.0. The van der Waals surface area contributed by atoms with E-state index in [0.29, 0.717) is 12.5 Å². The fourth-order valence-electron chi connectivity index (χ4n) is 2.80. The van der Waals surface area contributed by atoms with Crippen LogP contribution in [0.4, 0.5) is 0 Å². The lowest BCUT2D eigenvalue weighted by atomic mass is 9.98. The molecule has 0 saturated carbocycles. The third-order valence-corrected chi connectivity index (χ3v) is 4.19. The van der Waals surface area contributed by atoms with Crippen molar-refractivity contribution in [2.24, 2.45) is 0 Å². The lowest BCUT2D eigenvalue weighted by Crippen LogP contribution is -2.38. The van der Waals surface area contributed by atoms with Crippen LogP contribution in [0.1, 0.15) is 44.2 Å². The third kappa shape index (κ3) is 5.84. The third-order valence-electron chi connectivity index (χ3n) is 4.19. The molecule has 1 heterocycles. The molecular weight excluding hydrogens is 324 g/mol. The van der Waals surface area contributed by atoms with Gasteiger partial charge in [0.15, 0.2) is 6.10 Å². The van der Waals surface area contributed by atoms with Crippen molar-refractivity contribution < 1.29 is 9.53 Å². The van der Waals surface area contributed by atoms with Crippen LogP contribution in [0.25, 0.3) is 0 Å². The molecule has 0 aromatic heterocycles. The Bertz CT molecular complexity index is 585. The smallest absolute Gasteiger partial charge is 0.261 e. The van der Waals surface area contributed by atoms with E-state index in [1.54, 1.807) is 6.92 Å². The standard InChI is InChI=1S/C19H28N2O2.ClH/c1-13(2)18-6-5-17(11-14(18)3)23-15(4)19(22)21-12-16-7-9-20-10-8-16;/h5-7,11,13,15,20H,8-10,12H2,1-4H3,(H,21,22);1H. The summed E-state index contributed by atoms with van der Waals surface area (Å²) in [5.41, 5.74) is 3.79. The SMILES string of the molecule is Cc1cc(OC(C)C(=O)NCC2=CCNCC2)ccc1C(C)C.Cl. The zero-order valence-corrected chi connectivity index (χ0v) is 15.8. The van der Waals surface area contributed by atoms with E-state index in [-0.39, 0.29) is 18.3 Å². The first-order valence-corrected chi connectivity index (χ1v) is 8.41. The molecule has 0 spiro atoms. The van der Waals surface area contributed by atoms with E-state index in [1.807, 2.05) is 12.1 Å². The minimum Gasteiger partial charge on any atom is -0.481 e. The average Bonchev–Trinajstić information content (AvgIpc) is 2.53. The predicted octanol–water partition coefficient (Wildman–Crippen LogP) is 3.34. The van der Waals surface area contributed by atoms with Gasteiger partial charge in [0.1, 0.15) is 5.75 Å². The number of carbonyl (C=O) groups is 1.